The Morgan fingerprint density at radius 2 is 1.65 bits per heavy atom. The third-order valence-corrected chi connectivity index (χ3v) is 4.75. The Labute approximate surface area is 103 Å². The topological polar surface area (TPSA) is 63.4 Å². The van der Waals surface area contributed by atoms with Crippen LogP contribution in [0.5, 0.6) is 0 Å². The normalized spacial score (nSPS) is 13.1. The van der Waals surface area contributed by atoms with Crippen molar-refractivity contribution in [2.24, 2.45) is 5.73 Å². The number of hydrogen-bond donors (Lipinski definition) is 1. The Morgan fingerprint density at radius 1 is 1.18 bits per heavy atom. The van der Waals surface area contributed by atoms with Crippen molar-refractivity contribution in [2.45, 2.75) is 24.2 Å². The monoisotopic (exact) mass is 256 g/mol. The number of sulfonamides is 1. The molecule has 1 aromatic carbocycles. The fraction of sp³-hybridized carbons (Fsp3) is 0.500. The summed E-state index contributed by atoms with van der Waals surface area (Å²) in [5, 5.41) is 0. The number of hydrogen-bond acceptors (Lipinski definition) is 3. The van der Waals surface area contributed by atoms with Gasteiger partial charge in [0.05, 0.1) is 4.90 Å². The van der Waals surface area contributed by atoms with Gasteiger partial charge in [-0.3, -0.25) is 0 Å². The van der Waals surface area contributed by atoms with E-state index in [4.69, 9.17) is 5.73 Å². The number of nitrogens with two attached hydrogens (primary N) is 1. The second-order valence-electron chi connectivity index (χ2n) is 4.90. The maximum Gasteiger partial charge on any atom is 0.242 e. The highest BCUT2D eigenvalue weighted by Gasteiger charge is 2.21. The van der Waals surface area contributed by atoms with Crippen LogP contribution in [-0.2, 0) is 15.4 Å². The maximum atomic E-state index is 11.9. The van der Waals surface area contributed by atoms with Gasteiger partial charge in [-0.15, -0.1) is 0 Å². The molecule has 0 amide bonds. The van der Waals surface area contributed by atoms with E-state index in [1.165, 1.54) is 18.4 Å². The van der Waals surface area contributed by atoms with Crippen LogP contribution in [0.15, 0.2) is 29.2 Å². The number of benzene rings is 1. The fourth-order valence-corrected chi connectivity index (χ4v) is 2.31. The molecule has 0 atom stereocenters. The molecular formula is C12H20N2O2S. The highest BCUT2D eigenvalue weighted by Crippen LogP contribution is 2.23. The van der Waals surface area contributed by atoms with Crippen molar-refractivity contribution in [3.63, 3.8) is 0 Å². The summed E-state index contributed by atoms with van der Waals surface area (Å²) < 4.78 is 24.9. The van der Waals surface area contributed by atoms with Crippen molar-refractivity contribution in [3.8, 4) is 0 Å². The Hall–Kier alpha value is -0.910. The first kappa shape index (κ1) is 14.2. The molecule has 0 fully saturated rings. The molecule has 96 valence electrons. The van der Waals surface area contributed by atoms with E-state index < -0.39 is 10.0 Å². The van der Waals surface area contributed by atoms with Gasteiger partial charge in [0.25, 0.3) is 0 Å². The lowest BCUT2D eigenvalue weighted by molar-refractivity contribution is 0.519. The average molecular weight is 256 g/mol. The SMILES string of the molecule is CN(C)S(=O)(=O)c1ccc(C(C)(C)CN)cc1. The second kappa shape index (κ2) is 4.76. The Balaban J connectivity index is 3.14. The van der Waals surface area contributed by atoms with Gasteiger partial charge in [-0.2, -0.15) is 0 Å². The first-order valence-electron chi connectivity index (χ1n) is 5.45. The Bertz CT molecular complexity index is 476. The zero-order valence-electron chi connectivity index (χ0n) is 10.8. The highest BCUT2D eigenvalue weighted by atomic mass is 32.2. The zero-order valence-corrected chi connectivity index (χ0v) is 11.6. The molecule has 0 radical (unpaired) electrons. The molecule has 0 saturated carbocycles. The minimum atomic E-state index is -3.34. The van der Waals surface area contributed by atoms with Gasteiger partial charge in [-0.05, 0) is 17.7 Å². The minimum Gasteiger partial charge on any atom is -0.330 e. The average Bonchev–Trinajstić information content (AvgIpc) is 2.29. The van der Waals surface area contributed by atoms with Gasteiger partial charge in [0.1, 0.15) is 0 Å². The van der Waals surface area contributed by atoms with E-state index >= 15 is 0 Å². The molecule has 0 unspecified atom stereocenters. The third-order valence-electron chi connectivity index (χ3n) is 2.92. The maximum absolute atomic E-state index is 11.9. The van der Waals surface area contributed by atoms with Gasteiger partial charge < -0.3 is 5.73 Å². The molecule has 0 aliphatic rings. The summed E-state index contributed by atoms with van der Waals surface area (Å²) in [5.74, 6) is 0. The largest absolute Gasteiger partial charge is 0.330 e. The lowest BCUT2D eigenvalue weighted by Crippen LogP contribution is -2.28. The van der Waals surface area contributed by atoms with Crippen LogP contribution < -0.4 is 5.73 Å². The van der Waals surface area contributed by atoms with Gasteiger partial charge in [0, 0.05) is 26.1 Å². The summed E-state index contributed by atoms with van der Waals surface area (Å²) in [4.78, 5) is 0.305. The summed E-state index contributed by atoms with van der Waals surface area (Å²) in [6.07, 6.45) is 0. The van der Waals surface area contributed by atoms with Crippen LogP contribution in [0.25, 0.3) is 0 Å². The predicted molar refractivity (Wildman–Crippen MR) is 69.4 cm³/mol. The molecule has 1 aromatic rings. The molecule has 17 heavy (non-hydrogen) atoms. The minimum absolute atomic E-state index is 0.138. The molecule has 0 aliphatic heterocycles. The van der Waals surface area contributed by atoms with Crippen LogP contribution in [0.1, 0.15) is 19.4 Å². The molecule has 0 heterocycles. The van der Waals surface area contributed by atoms with Gasteiger partial charge >= 0.3 is 0 Å². The standard InChI is InChI=1S/C12H20N2O2S/c1-12(2,9-13)10-5-7-11(8-6-10)17(15,16)14(3)4/h5-8H,9,13H2,1-4H3. The van der Waals surface area contributed by atoms with Crippen LogP contribution in [0, 0.1) is 0 Å². The molecular weight excluding hydrogens is 236 g/mol. The molecule has 0 aromatic heterocycles. The van der Waals surface area contributed by atoms with E-state index in [0.717, 1.165) is 5.56 Å². The van der Waals surface area contributed by atoms with Crippen molar-refractivity contribution in [1.29, 1.82) is 0 Å². The number of rotatable bonds is 4. The number of nitrogens with zero attached hydrogens (tertiary/aromatic N) is 1. The lowest BCUT2D eigenvalue weighted by Gasteiger charge is -2.23. The smallest absolute Gasteiger partial charge is 0.242 e. The Kier molecular flexibility index (Phi) is 3.96. The highest BCUT2D eigenvalue weighted by molar-refractivity contribution is 7.89. The van der Waals surface area contributed by atoms with Crippen molar-refractivity contribution in [3.05, 3.63) is 29.8 Å². The van der Waals surface area contributed by atoms with E-state index in [-0.39, 0.29) is 5.41 Å². The molecule has 2 N–H and O–H groups in total. The van der Waals surface area contributed by atoms with Crippen LogP contribution in [-0.4, -0.2) is 33.4 Å². The summed E-state index contributed by atoms with van der Waals surface area (Å²) in [6, 6.07) is 6.90. The molecule has 4 nitrogen and oxygen atoms in total. The van der Waals surface area contributed by atoms with Crippen LogP contribution >= 0.6 is 0 Å². The summed E-state index contributed by atoms with van der Waals surface area (Å²) in [5.41, 5.74) is 6.58. The summed E-state index contributed by atoms with van der Waals surface area (Å²) >= 11 is 0. The quantitative estimate of drug-likeness (QED) is 0.879. The van der Waals surface area contributed by atoms with E-state index in [0.29, 0.717) is 11.4 Å². The van der Waals surface area contributed by atoms with Crippen LogP contribution in [0.3, 0.4) is 0 Å². The first-order valence-corrected chi connectivity index (χ1v) is 6.89. The van der Waals surface area contributed by atoms with Gasteiger partial charge in [-0.1, -0.05) is 26.0 Å². The van der Waals surface area contributed by atoms with E-state index in [1.54, 1.807) is 12.1 Å². The van der Waals surface area contributed by atoms with Crippen LogP contribution in [0.4, 0.5) is 0 Å². The first-order chi connectivity index (χ1) is 7.71. The van der Waals surface area contributed by atoms with Crippen molar-refractivity contribution >= 4 is 10.0 Å². The predicted octanol–water partition coefficient (Wildman–Crippen LogP) is 1.17. The van der Waals surface area contributed by atoms with Gasteiger partial charge in [0.15, 0.2) is 0 Å². The summed E-state index contributed by atoms with van der Waals surface area (Å²) in [6.45, 7) is 4.58. The zero-order chi connectivity index (χ0) is 13.3. The lowest BCUT2D eigenvalue weighted by atomic mass is 9.85. The van der Waals surface area contributed by atoms with Crippen molar-refractivity contribution < 1.29 is 8.42 Å². The second-order valence-corrected chi connectivity index (χ2v) is 7.05. The van der Waals surface area contributed by atoms with Crippen molar-refractivity contribution in [1.82, 2.24) is 4.31 Å². The molecule has 5 heteroatoms. The van der Waals surface area contributed by atoms with E-state index in [1.807, 2.05) is 26.0 Å². The van der Waals surface area contributed by atoms with Crippen molar-refractivity contribution in [2.75, 3.05) is 20.6 Å². The van der Waals surface area contributed by atoms with Gasteiger partial charge in [-0.25, -0.2) is 12.7 Å². The Morgan fingerprint density at radius 3 is 2.00 bits per heavy atom. The van der Waals surface area contributed by atoms with E-state index in [9.17, 15) is 8.42 Å². The molecule has 0 saturated heterocycles. The summed E-state index contributed by atoms with van der Waals surface area (Å²) in [7, 11) is -0.302. The molecule has 0 bridgehead atoms. The molecule has 0 aliphatic carbocycles. The van der Waals surface area contributed by atoms with Gasteiger partial charge in [0.2, 0.25) is 10.0 Å². The van der Waals surface area contributed by atoms with E-state index in [2.05, 4.69) is 0 Å². The molecule has 1 rings (SSSR count). The fourth-order valence-electron chi connectivity index (χ4n) is 1.41. The van der Waals surface area contributed by atoms with Crippen LogP contribution in [0.2, 0.25) is 0 Å². The molecule has 0 spiro atoms. The third kappa shape index (κ3) is 2.86.